The molecule has 11 aromatic rings. The van der Waals surface area contributed by atoms with Crippen LogP contribution in [0.4, 0.5) is 0 Å². The zero-order chi connectivity index (χ0) is 34.2. The zero-order valence-corrected chi connectivity index (χ0v) is 28.1. The van der Waals surface area contributed by atoms with Gasteiger partial charge in [0, 0.05) is 38.4 Å². The van der Waals surface area contributed by atoms with Crippen LogP contribution < -0.4 is 0 Å². The van der Waals surface area contributed by atoms with Crippen LogP contribution in [0.3, 0.4) is 0 Å². The van der Waals surface area contributed by atoms with Crippen molar-refractivity contribution in [3.05, 3.63) is 182 Å². The minimum absolute atomic E-state index is 0.929. The molecule has 0 saturated heterocycles. The lowest BCUT2D eigenvalue weighted by Crippen LogP contribution is -1.96. The van der Waals surface area contributed by atoms with Crippen LogP contribution in [-0.4, -0.2) is 18.9 Å². The van der Waals surface area contributed by atoms with Crippen LogP contribution in [-0.2, 0) is 0 Å². The van der Waals surface area contributed by atoms with Crippen molar-refractivity contribution in [2.75, 3.05) is 0 Å². The quantitative estimate of drug-likeness (QED) is 0.176. The van der Waals surface area contributed by atoms with Gasteiger partial charge in [0.2, 0.25) is 0 Å². The minimum atomic E-state index is 0.929. The highest BCUT2D eigenvalue weighted by atomic mass is 15.1. The molecule has 4 heteroatoms. The number of fused-ring (bicyclic) bond motifs is 12. The third-order valence-corrected chi connectivity index (χ3v) is 10.5. The second-order valence-electron chi connectivity index (χ2n) is 13.4. The summed E-state index contributed by atoms with van der Waals surface area (Å²) in [7, 11) is 0. The molecule has 11 rings (SSSR count). The molecule has 0 aliphatic carbocycles. The molecule has 0 fully saturated rings. The average molecular weight is 663 g/mol. The van der Waals surface area contributed by atoms with Gasteiger partial charge < -0.3 is 4.57 Å². The maximum Gasteiger partial charge on any atom is 0.146 e. The Morgan fingerprint density at radius 1 is 0.346 bits per heavy atom. The summed E-state index contributed by atoms with van der Waals surface area (Å²) in [6.07, 6.45) is 0. The van der Waals surface area contributed by atoms with Gasteiger partial charge in [0.15, 0.2) is 0 Å². The predicted octanol–water partition coefficient (Wildman–Crippen LogP) is 12.3. The third kappa shape index (κ3) is 4.28. The van der Waals surface area contributed by atoms with E-state index in [2.05, 4.69) is 185 Å². The molecule has 7 aromatic carbocycles. The summed E-state index contributed by atoms with van der Waals surface area (Å²) < 4.78 is 4.74. The molecule has 0 aliphatic heterocycles. The van der Waals surface area contributed by atoms with Gasteiger partial charge in [0.1, 0.15) is 11.2 Å². The number of hydrogen-bond donors (Lipinski definition) is 0. The second kappa shape index (κ2) is 11.2. The van der Waals surface area contributed by atoms with Crippen LogP contribution in [0.1, 0.15) is 0 Å². The average Bonchev–Trinajstić information content (AvgIpc) is 3.79. The first-order valence-corrected chi connectivity index (χ1v) is 17.7. The van der Waals surface area contributed by atoms with Crippen LogP contribution in [0.25, 0.3) is 99.5 Å². The number of rotatable bonds is 4. The van der Waals surface area contributed by atoms with Crippen LogP contribution >= 0.6 is 0 Å². The van der Waals surface area contributed by atoms with Crippen molar-refractivity contribution >= 4 is 60.2 Å². The van der Waals surface area contributed by atoms with Crippen LogP contribution in [0.15, 0.2) is 182 Å². The van der Waals surface area contributed by atoms with Gasteiger partial charge in [-0.25, -0.2) is 9.97 Å². The fourth-order valence-electron chi connectivity index (χ4n) is 8.13. The summed E-state index contributed by atoms with van der Waals surface area (Å²) >= 11 is 0. The van der Waals surface area contributed by atoms with Crippen molar-refractivity contribution in [3.8, 4) is 39.3 Å². The predicted molar refractivity (Wildman–Crippen MR) is 216 cm³/mol. The van der Waals surface area contributed by atoms with E-state index in [-0.39, 0.29) is 0 Å². The van der Waals surface area contributed by atoms with E-state index < -0.39 is 0 Å². The SMILES string of the molecule is c1ccc(-c2cc(-c3ccccc3)nc(-c3cccc(-n4c5ccccc5c5ccc6c(nc7c8ccccc8c8ccccc8n67)c54)c3)c2)cc1. The van der Waals surface area contributed by atoms with Crippen molar-refractivity contribution in [1.82, 2.24) is 18.9 Å². The standard InChI is InChI=1S/C48H30N4/c1-3-14-31(15-4-1)34-29-41(32-16-5-2-6-17-32)49-42(30-34)33-18-13-19-35(28-33)51-43-24-11-10-22-38(43)39-26-27-45-46(47(39)51)50-48-40-23-8-7-20-36(40)37-21-9-12-25-44(37)52(45)48/h1-30H. The summed E-state index contributed by atoms with van der Waals surface area (Å²) in [5.74, 6) is 0. The third-order valence-electron chi connectivity index (χ3n) is 10.5. The summed E-state index contributed by atoms with van der Waals surface area (Å²) in [4.78, 5) is 10.8. The smallest absolute Gasteiger partial charge is 0.146 e. The number of benzene rings is 7. The van der Waals surface area contributed by atoms with Crippen molar-refractivity contribution in [3.63, 3.8) is 0 Å². The van der Waals surface area contributed by atoms with Gasteiger partial charge >= 0.3 is 0 Å². The van der Waals surface area contributed by atoms with E-state index in [0.29, 0.717) is 0 Å². The molecule has 0 bridgehead atoms. The summed E-state index contributed by atoms with van der Waals surface area (Å²) in [5, 5.41) is 5.96. The highest BCUT2D eigenvalue weighted by Crippen LogP contribution is 2.40. The first-order valence-electron chi connectivity index (χ1n) is 17.7. The minimum Gasteiger partial charge on any atom is -0.307 e. The molecule has 0 amide bonds. The van der Waals surface area contributed by atoms with Gasteiger partial charge in [-0.3, -0.25) is 4.40 Å². The fourth-order valence-corrected chi connectivity index (χ4v) is 8.13. The van der Waals surface area contributed by atoms with Gasteiger partial charge in [-0.05, 0) is 65.0 Å². The topological polar surface area (TPSA) is 35.1 Å². The van der Waals surface area contributed by atoms with E-state index in [1.807, 2.05) is 6.07 Å². The Labute approximate surface area is 299 Å². The molecule has 0 atom stereocenters. The Morgan fingerprint density at radius 3 is 1.71 bits per heavy atom. The molecule has 242 valence electrons. The molecule has 4 heterocycles. The Morgan fingerprint density at radius 2 is 0.942 bits per heavy atom. The Kier molecular flexibility index (Phi) is 6.22. The van der Waals surface area contributed by atoms with Gasteiger partial charge in [-0.15, -0.1) is 0 Å². The number of para-hydroxylation sites is 2. The van der Waals surface area contributed by atoms with Gasteiger partial charge in [0.05, 0.1) is 33.5 Å². The Bertz CT molecular complexity index is 3110. The highest BCUT2D eigenvalue weighted by molar-refractivity contribution is 6.20. The summed E-state index contributed by atoms with van der Waals surface area (Å²) in [6.45, 7) is 0. The molecule has 4 nitrogen and oxygen atoms in total. The number of aromatic nitrogens is 4. The number of pyridine rings is 2. The van der Waals surface area contributed by atoms with Crippen LogP contribution in [0, 0.1) is 0 Å². The lowest BCUT2D eigenvalue weighted by Gasteiger charge is -2.13. The maximum atomic E-state index is 5.50. The molecule has 0 spiro atoms. The van der Waals surface area contributed by atoms with E-state index >= 15 is 0 Å². The van der Waals surface area contributed by atoms with Crippen molar-refractivity contribution in [2.45, 2.75) is 0 Å². The first-order chi connectivity index (χ1) is 25.8. The first kappa shape index (κ1) is 28.8. The monoisotopic (exact) mass is 662 g/mol. The number of nitrogens with zero attached hydrogens (tertiary/aromatic N) is 4. The van der Waals surface area contributed by atoms with E-state index in [9.17, 15) is 0 Å². The number of imidazole rings is 1. The molecular weight excluding hydrogens is 633 g/mol. The summed E-state index contributed by atoms with van der Waals surface area (Å²) in [6, 6.07) is 64.7. The van der Waals surface area contributed by atoms with Crippen LogP contribution in [0.2, 0.25) is 0 Å². The lowest BCUT2D eigenvalue weighted by atomic mass is 10.00. The van der Waals surface area contributed by atoms with E-state index in [4.69, 9.17) is 9.97 Å². The Hall–Kier alpha value is -7.04. The van der Waals surface area contributed by atoms with Gasteiger partial charge in [-0.2, -0.15) is 0 Å². The molecule has 0 unspecified atom stereocenters. The van der Waals surface area contributed by atoms with Crippen molar-refractivity contribution in [2.24, 2.45) is 0 Å². The van der Waals surface area contributed by atoms with Gasteiger partial charge in [0.25, 0.3) is 0 Å². The highest BCUT2D eigenvalue weighted by Gasteiger charge is 2.21. The normalized spacial score (nSPS) is 11.8. The molecule has 4 aromatic heterocycles. The molecule has 0 saturated carbocycles. The maximum absolute atomic E-state index is 5.50. The largest absolute Gasteiger partial charge is 0.307 e. The van der Waals surface area contributed by atoms with E-state index in [0.717, 1.165) is 77.9 Å². The van der Waals surface area contributed by atoms with E-state index in [1.165, 1.54) is 21.5 Å². The Balaban J connectivity index is 1.20. The van der Waals surface area contributed by atoms with E-state index in [1.54, 1.807) is 0 Å². The van der Waals surface area contributed by atoms with Crippen molar-refractivity contribution < 1.29 is 0 Å². The zero-order valence-electron chi connectivity index (χ0n) is 28.1. The number of hydrogen-bond acceptors (Lipinski definition) is 2. The van der Waals surface area contributed by atoms with Gasteiger partial charge in [-0.1, -0.05) is 133 Å². The molecule has 0 aliphatic rings. The summed E-state index contributed by atoms with van der Waals surface area (Å²) in [5.41, 5.74) is 13.8. The molecule has 52 heavy (non-hydrogen) atoms. The lowest BCUT2D eigenvalue weighted by molar-refractivity contribution is 1.18. The fraction of sp³-hybridized carbons (Fsp3) is 0. The molecule has 0 radical (unpaired) electrons. The molecular formula is C48H30N4. The van der Waals surface area contributed by atoms with Crippen molar-refractivity contribution in [1.29, 1.82) is 0 Å². The second-order valence-corrected chi connectivity index (χ2v) is 13.4. The molecule has 0 N–H and O–H groups in total. The van der Waals surface area contributed by atoms with Crippen LogP contribution in [0.5, 0.6) is 0 Å².